The van der Waals surface area contributed by atoms with Gasteiger partial charge in [0.25, 0.3) is 5.69 Å². The zero-order chi connectivity index (χ0) is 16.5. The number of aliphatic hydroxyl groups excluding tert-OH is 1. The summed E-state index contributed by atoms with van der Waals surface area (Å²) in [5.74, 6) is -0.461. The van der Waals surface area contributed by atoms with E-state index in [1.165, 1.54) is 30.4 Å². The molecule has 0 saturated carbocycles. The molecule has 0 aliphatic carbocycles. The van der Waals surface area contributed by atoms with Gasteiger partial charge in [-0.05, 0) is 30.3 Å². The van der Waals surface area contributed by atoms with Crippen LogP contribution < -0.4 is 10.6 Å². The van der Waals surface area contributed by atoms with Gasteiger partial charge in [0.2, 0.25) is 5.91 Å². The lowest BCUT2D eigenvalue weighted by atomic mass is 10.2. The van der Waals surface area contributed by atoms with E-state index in [4.69, 9.17) is 17.3 Å². The Morgan fingerprint density at radius 1 is 1.55 bits per heavy atom. The van der Waals surface area contributed by atoms with E-state index in [2.05, 4.69) is 10.6 Å². The Morgan fingerprint density at radius 2 is 2.27 bits per heavy atom. The van der Waals surface area contributed by atoms with Crippen LogP contribution in [-0.4, -0.2) is 33.7 Å². The summed E-state index contributed by atoms with van der Waals surface area (Å²) in [6.45, 7) is 1.79. The van der Waals surface area contributed by atoms with Crippen molar-refractivity contribution in [2.45, 2.75) is 19.4 Å². The Balaban J connectivity index is 2.59. The van der Waals surface area contributed by atoms with Gasteiger partial charge in [-0.3, -0.25) is 20.2 Å². The zero-order valence-corrected chi connectivity index (χ0v) is 12.8. The first-order valence-corrected chi connectivity index (χ1v) is 7.02. The lowest BCUT2D eigenvalue weighted by Crippen LogP contribution is -2.45. The second kappa shape index (κ2) is 8.85. The second-order valence-electron chi connectivity index (χ2n) is 4.44. The number of rotatable bonds is 6. The van der Waals surface area contributed by atoms with Crippen molar-refractivity contribution in [2.75, 3.05) is 6.61 Å². The van der Waals surface area contributed by atoms with Crippen LogP contribution in [0.2, 0.25) is 0 Å². The molecule has 0 aliphatic heterocycles. The van der Waals surface area contributed by atoms with Gasteiger partial charge in [0.05, 0.1) is 17.6 Å². The Kier molecular flexibility index (Phi) is 7.14. The summed E-state index contributed by atoms with van der Waals surface area (Å²) in [7, 11) is 0. The van der Waals surface area contributed by atoms with E-state index >= 15 is 0 Å². The van der Waals surface area contributed by atoms with E-state index in [0.29, 0.717) is 12.0 Å². The first kappa shape index (κ1) is 17.7. The molecule has 118 valence electrons. The number of aliphatic hydroxyl groups is 1. The maximum absolute atomic E-state index is 11.7. The van der Waals surface area contributed by atoms with E-state index in [1.807, 2.05) is 6.92 Å². The molecule has 3 N–H and O–H groups in total. The third kappa shape index (κ3) is 5.98. The molecule has 1 aromatic rings. The van der Waals surface area contributed by atoms with Crippen LogP contribution in [0.4, 0.5) is 5.69 Å². The van der Waals surface area contributed by atoms with Crippen LogP contribution in [0.3, 0.4) is 0 Å². The molecule has 7 nitrogen and oxygen atoms in total. The molecule has 0 aromatic heterocycles. The van der Waals surface area contributed by atoms with Crippen molar-refractivity contribution in [3.8, 4) is 0 Å². The van der Waals surface area contributed by atoms with Crippen LogP contribution >= 0.6 is 12.2 Å². The number of nitro groups is 1. The van der Waals surface area contributed by atoms with Gasteiger partial charge in [0.1, 0.15) is 0 Å². The fourth-order valence-electron chi connectivity index (χ4n) is 1.57. The monoisotopic (exact) mass is 323 g/mol. The molecule has 0 saturated heterocycles. The van der Waals surface area contributed by atoms with E-state index in [-0.39, 0.29) is 23.4 Å². The molecule has 0 spiro atoms. The molecule has 22 heavy (non-hydrogen) atoms. The molecular formula is C14H17N3O4S. The van der Waals surface area contributed by atoms with Crippen molar-refractivity contribution in [3.63, 3.8) is 0 Å². The van der Waals surface area contributed by atoms with Crippen LogP contribution in [0.5, 0.6) is 0 Å². The fourth-order valence-corrected chi connectivity index (χ4v) is 1.83. The standard InChI is InChI=1S/C14H17N3O4S/c1-2-11(9-18)15-14(22)16-13(19)7-6-10-4-3-5-12(8-10)17(20)21/h3-8,11,18H,2,9H2,1H3,(H2,15,16,19,22)/b7-6+. The van der Waals surface area contributed by atoms with E-state index < -0.39 is 10.8 Å². The molecule has 1 amide bonds. The summed E-state index contributed by atoms with van der Waals surface area (Å²) in [5, 5.41) is 25.0. The number of hydrogen-bond acceptors (Lipinski definition) is 5. The van der Waals surface area contributed by atoms with Crippen molar-refractivity contribution in [3.05, 3.63) is 46.0 Å². The number of benzene rings is 1. The Bertz CT molecular complexity index is 585. The van der Waals surface area contributed by atoms with E-state index in [9.17, 15) is 14.9 Å². The summed E-state index contributed by atoms with van der Waals surface area (Å²) >= 11 is 4.95. The highest BCUT2D eigenvalue weighted by Gasteiger charge is 2.08. The average Bonchev–Trinajstić information content (AvgIpc) is 2.50. The second-order valence-corrected chi connectivity index (χ2v) is 4.84. The predicted octanol–water partition coefficient (Wildman–Crippen LogP) is 1.37. The quantitative estimate of drug-likeness (QED) is 0.316. The smallest absolute Gasteiger partial charge is 0.270 e. The molecule has 1 aromatic carbocycles. The van der Waals surface area contributed by atoms with Crippen molar-refractivity contribution < 1.29 is 14.8 Å². The number of nitrogens with zero attached hydrogens (tertiary/aromatic N) is 1. The molecule has 0 aliphatic rings. The Morgan fingerprint density at radius 3 is 2.86 bits per heavy atom. The highest BCUT2D eigenvalue weighted by atomic mass is 32.1. The third-order valence-corrected chi connectivity index (χ3v) is 3.01. The molecule has 0 fully saturated rings. The molecule has 0 heterocycles. The van der Waals surface area contributed by atoms with Crippen molar-refractivity contribution in [2.24, 2.45) is 0 Å². The van der Waals surface area contributed by atoms with Gasteiger partial charge in [-0.2, -0.15) is 0 Å². The van der Waals surface area contributed by atoms with Gasteiger partial charge in [-0.15, -0.1) is 0 Å². The van der Waals surface area contributed by atoms with Crippen LogP contribution in [0.15, 0.2) is 30.3 Å². The van der Waals surface area contributed by atoms with Crippen molar-refractivity contribution in [1.82, 2.24) is 10.6 Å². The summed E-state index contributed by atoms with van der Waals surface area (Å²) in [5.41, 5.74) is 0.485. The van der Waals surface area contributed by atoms with Gasteiger partial charge in [-0.1, -0.05) is 19.1 Å². The summed E-state index contributed by atoms with van der Waals surface area (Å²) in [4.78, 5) is 21.8. The lowest BCUT2D eigenvalue weighted by molar-refractivity contribution is -0.384. The molecule has 1 atom stereocenters. The number of nitro benzene ring substituents is 1. The lowest BCUT2D eigenvalue weighted by Gasteiger charge is -2.15. The maximum Gasteiger partial charge on any atom is 0.270 e. The fraction of sp³-hybridized carbons (Fsp3) is 0.286. The minimum absolute atomic E-state index is 0.0477. The molecule has 0 bridgehead atoms. The molecule has 8 heteroatoms. The number of carbonyl (C=O) groups excluding carboxylic acids is 1. The normalized spacial score (nSPS) is 11.9. The van der Waals surface area contributed by atoms with Gasteiger partial charge < -0.3 is 10.4 Å². The minimum Gasteiger partial charge on any atom is -0.394 e. The molecule has 1 rings (SSSR count). The van der Waals surface area contributed by atoms with Gasteiger partial charge in [0, 0.05) is 18.2 Å². The zero-order valence-electron chi connectivity index (χ0n) is 12.0. The summed E-state index contributed by atoms with van der Waals surface area (Å²) in [6, 6.07) is 5.70. The van der Waals surface area contributed by atoms with Gasteiger partial charge in [-0.25, -0.2) is 0 Å². The number of amides is 1. The SMILES string of the molecule is CCC(CO)NC(=S)NC(=O)/C=C/c1cccc([N+](=O)[O-])c1. The summed E-state index contributed by atoms with van der Waals surface area (Å²) < 4.78 is 0. The van der Waals surface area contributed by atoms with Gasteiger partial charge >= 0.3 is 0 Å². The molecule has 1 unspecified atom stereocenters. The van der Waals surface area contributed by atoms with Crippen molar-refractivity contribution >= 4 is 35.0 Å². The molecule has 0 radical (unpaired) electrons. The topological polar surface area (TPSA) is 104 Å². The number of thiocarbonyl (C=S) groups is 1. The number of hydrogen-bond donors (Lipinski definition) is 3. The largest absolute Gasteiger partial charge is 0.394 e. The Labute approximate surface area is 133 Å². The first-order valence-electron chi connectivity index (χ1n) is 6.61. The van der Waals surface area contributed by atoms with Crippen LogP contribution in [-0.2, 0) is 4.79 Å². The van der Waals surface area contributed by atoms with E-state index in [1.54, 1.807) is 6.07 Å². The predicted molar refractivity (Wildman–Crippen MR) is 87.2 cm³/mol. The minimum atomic E-state index is -0.504. The third-order valence-electron chi connectivity index (χ3n) is 2.79. The number of non-ortho nitro benzene ring substituents is 1. The van der Waals surface area contributed by atoms with Gasteiger partial charge in [0.15, 0.2) is 5.11 Å². The first-order chi connectivity index (χ1) is 10.5. The highest BCUT2D eigenvalue weighted by Crippen LogP contribution is 2.13. The van der Waals surface area contributed by atoms with Crippen LogP contribution in [0, 0.1) is 10.1 Å². The number of nitrogens with one attached hydrogen (secondary N) is 2. The average molecular weight is 323 g/mol. The van der Waals surface area contributed by atoms with Crippen molar-refractivity contribution in [1.29, 1.82) is 0 Å². The molecular weight excluding hydrogens is 306 g/mol. The van der Waals surface area contributed by atoms with Crippen LogP contribution in [0.1, 0.15) is 18.9 Å². The van der Waals surface area contributed by atoms with Crippen LogP contribution in [0.25, 0.3) is 6.08 Å². The highest BCUT2D eigenvalue weighted by molar-refractivity contribution is 7.80. The number of carbonyl (C=O) groups is 1. The summed E-state index contributed by atoms with van der Waals surface area (Å²) in [6.07, 6.45) is 3.34. The van der Waals surface area contributed by atoms with E-state index in [0.717, 1.165) is 0 Å². The Hall–Kier alpha value is -2.32. The maximum atomic E-state index is 11.7.